The van der Waals surface area contributed by atoms with Gasteiger partial charge in [-0.1, -0.05) is 86.0 Å². The average Bonchev–Trinajstić information content (AvgIpc) is 2.92. The molecule has 0 heterocycles. The first kappa shape index (κ1) is 15.8. The number of hydrogen-bond acceptors (Lipinski definition) is 0. The molecule has 1 heteroatoms. The smallest absolute Gasteiger partial charge is 0.0210 e. The number of hydrogen-bond donors (Lipinski definition) is 0. The molecule has 1 aromatic carbocycles. The molecule has 0 aliphatic heterocycles. The normalized spacial score (nSPS) is 12.9. The van der Waals surface area contributed by atoms with Crippen LogP contribution >= 0.6 is 15.9 Å². The maximum atomic E-state index is 3.73. The molecule has 1 aliphatic carbocycles. The first-order valence-corrected chi connectivity index (χ1v) is 9.09. The topological polar surface area (TPSA) is 0 Å². The summed E-state index contributed by atoms with van der Waals surface area (Å²) in [4.78, 5) is 0. The van der Waals surface area contributed by atoms with Gasteiger partial charge in [-0.05, 0) is 42.0 Å². The van der Waals surface area contributed by atoms with Crippen molar-refractivity contribution in [3.05, 3.63) is 39.4 Å². The third kappa shape index (κ3) is 4.48. The summed E-state index contributed by atoms with van der Waals surface area (Å²) in [5.74, 6) is 0. The third-order valence-electron chi connectivity index (χ3n) is 4.31. The predicted octanol–water partition coefficient (Wildman–Crippen LogP) is 6.70. The minimum Gasteiger partial charge on any atom is -0.0795 e. The molecule has 1 aliphatic rings. The molecule has 0 saturated heterocycles. The molecule has 0 amide bonds. The molecule has 1 aromatic rings. The number of allylic oxidation sites excluding steroid dienone is 1. The molecule has 0 atom stereocenters. The van der Waals surface area contributed by atoms with E-state index < -0.39 is 0 Å². The van der Waals surface area contributed by atoms with Crippen LogP contribution in [-0.2, 0) is 12.8 Å². The minimum atomic E-state index is 1.13. The summed E-state index contributed by atoms with van der Waals surface area (Å²) >= 11 is 3.73. The average molecular weight is 335 g/mol. The Labute approximate surface area is 132 Å². The van der Waals surface area contributed by atoms with E-state index in [2.05, 4.69) is 47.1 Å². The molecule has 0 aromatic heterocycles. The Kier molecular flexibility index (Phi) is 6.86. The monoisotopic (exact) mass is 334 g/mol. The highest BCUT2D eigenvalue weighted by Gasteiger charge is 2.12. The van der Waals surface area contributed by atoms with Crippen molar-refractivity contribution < 1.29 is 0 Å². The van der Waals surface area contributed by atoms with Gasteiger partial charge in [-0.15, -0.1) is 0 Å². The molecule has 0 radical (unpaired) electrons. The van der Waals surface area contributed by atoms with Crippen LogP contribution in [-0.4, -0.2) is 0 Å². The Morgan fingerprint density at radius 2 is 1.65 bits per heavy atom. The van der Waals surface area contributed by atoms with Crippen LogP contribution in [0.2, 0.25) is 0 Å². The molecule has 0 bridgehead atoms. The standard InChI is InChI=1S/C19H27Br/c1-2-3-4-5-6-7-8-9-12-18-17-13-10-11-16(17)14-15-19(18)20/h10-11,14-15H,2-9,12-13H2,1H3. The lowest BCUT2D eigenvalue weighted by Crippen LogP contribution is -1.96. The molecule has 0 fully saturated rings. The van der Waals surface area contributed by atoms with Crippen LogP contribution in [0.4, 0.5) is 0 Å². The second-order valence-corrected chi connectivity index (χ2v) is 6.78. The van der Waals surface area contributed by atoms with E-state index in [1.54, 1.807) is 11.1 Å². The van der Waals surface area contributed by atoms with Gasteiger partial charge in [-0.3, -0.25) is 0 Å². The molecule has 20 heavy (non-hydrogen) atoms. The maximum Gasteiger partial charge on any atom is 0.0210 e. The van der Waals surface area contributed by atoms with E-state index in [1.807, 2.05) is 0 Å². The highest BCUT2D eigenvalue weighted by Crippen LogP contribution is 2.30. The number of benzene rings is 1. The fraction of sp³-hybridized carbons (Fsp3) is 0.579. The quantitative estimate of drug-likeness (QED) is 0.440. The van der Waals surface area contributed by atoms with Crippen molar-refractivity contribution in [1.29, 1.82) is 0 Å². The Balaban J connectivity index is 1.69. The molecule has 0 unspecified atom stereocenters. The minimum absolute atomic E-state index is 1.13. The van der Waals surface area contributed by atoms with Crippen molar-refractivity contribution >= 4 is 22.0 Å². The summed E-state index contributed by atoms with van der Waals surface area (Å²) in [5, 5.41) is 0. The fourth-order valence-corrected chi connectivity index (χ4v) is 3.66. The second kappa shape index (κ2) is 8.67. The Bertz CT molecular complexity index is 445. The van der Waals surface area contributed by atoms with Crippen molar-refractivity contribution in [2.24, 2.45) is 0 Å². The molecular weight excluding hydrogens is 308 g/mol. The van der Waals surface area contributed by atoms with Gasteiger partial charge in [0.1, 0.15) is 0 Å². The SMILES string of the molecule is CCCCCCCCCCc1c(Br)ccc2c1CC=C2. The Morgan fingerprint density at radius 3 is 2.40 bits per heavy atom. The lowest BCUT2D eigenvalue weighted by atomic mass is 9.97. The van der Waals surface area contributed by atoms with Crippen molar-refractivity contribution in [1.82, 2.24) is 0 Å². The van der Waals surface area contributed by atoms with Crippen LogP contribution in [0.1, 0.15) is 75.0 Å². The summed E-state index contributed by atoms with van der Waals surface area (Å²) in [5.41, 5.74) is 4.54. The number of rotatable bonds is 9. The zero-order valence-corrected chi connectivity index (χ0v) is 14.3. The maximum absolute atomic E-state index is 3.73. The van der Waals surface area contributed by atoms with Gasteiger partial charge < -0.3 is 0 Å². The Morgan fingerprint density at radius 1 is 0.950 bits per heavy atom. The Hall–Kier alpha value is -0.560. The third-order valence-corrected chi connectivity index (χ3v) is 5.05. The van der Waals surface area contributed by atoms with E-state index >= 15 is 0 Å². The molecule has 0 saturated carbocycles. The van der Waals surface area contributed by atoms with Crippen LogP contribution in [0, 0.1) is 0 Å². The fourth-order valence-electron chi connectivity index (χ4n) is 3.09. The van der Waals surface area contributed by atoms with E-state index in [4.69, 9.17) is 0 Å². The summed E-state index contributed by atoms with van der Waals surface area (Å²) in [7, 11) is 0. The van der Waals surface area contributed by atoms with Gasteiger partial charge in [0.15, 0.2) is 0 Å². The zero-order valence-electron chi connectivity index (χ0n) is 12.8. The molecule has 110 valence electrons. The van der Waals surface area contributed by atoms with E-state index in [0.29, 0.717) is 0 Å². The van der Waals surface area contributed by atoms with Crippen molar-refractivity contribution in [3.63, 3.8) is 0 Å². The van der Waals surface area contributed by atoms with Crippen molar-refractivity contribution in [2.45, 2.75) is 71.1 Å². The number of fused-ring (bicyclic) bond motifs is 1. The van der Waals surface area contributed by atoms with Gasteiger partial charge in [0.2, 0.25) is 0 Å². The molecule has 2 rings (SSSR count). The summed E-state index contributed by atoms with van der Waals surface area (Å²) in [6.45, 7) is 2.28. The highest BCUT2D eigenvalue weighted by atomic mass is 79.9. The van der Waals surface area contributed by atoms with Gasteiger partial charge in [0.05, 0.1) is 0 Å². The van der Waals surface area contributed by atoms with E-state index in [9.17, 15) is 0 Å². The largest absolute Gasteiger partial charge is 0.0795 e. The highest BCUT2D eigenvalue weighted by molar-refractivity contribution is 9.10. The van der Waals surface area contributed by atoms with Gasteiger partial charge in [-0.25, -0.2) is 0 Å². The van der Waals surface area contributed by atoms with Crippen molar-refractivity contribution in [3.8, 4) is 0 Å². The second-order valence-electron chi connectivity index (χ2n) is 5.93. The molecule has 0 spiro atoms. The summed E-state index contributed by atoms with van der Waals surface area (Å²) < 4.78 is 1.31. The lowest BCUT2D eigenvalue weighted by molar-refractivity contribution is 0.575. The van der Waals surface area contributed by atoms with Crippen LogP contribution < -0.4 is 0 Å². The predicted molar refractivity (Wildman–Crippen MR) is 93.2 cm³/mol. The zero-order chi connectivity index (χ0) is 14.2. The van der Waals surface area contributed by atoms with Gasteiger partial charge in [-0.2, -0.15) is 0 Å². The first-order chi connectivity index (χ1) is 9.83. The number of halogens is 1. The lowest BCUT2D eigenvalue weighted by Gasteiger charge is -2.11. The van der Waals surface area contributed by atoms with E-state index in [-0.39, 0.29) is 0 Å². The van der Waals surface area contributed by atoms with Crippen LogP contribution in [0.15, 0.2) is 22.7 Å². The molecule has 0 N–H and O–H groups in total. The van der Waals surface area contributed by atoms with Gasteiger partial charge in [0, 0.05) is 4.47 Å². The van der Waals surface area contributed by atoms with E-state index in [0.717, 1.165) is 6.42 Å². The van der Waals surface area contributed by atoms with Gasteiger partial charge in [0.25, 0.3) is 0 Å². The molecular formula is C19H27Br. The van der Waals surface area contributed by atoms with Crippen LogP contribution in [0.25, 0.3) is 6.08 Å². The van der Waals surface area contributed by atoms with Gasteiger partial charge >= 0.3 is 0 Å². The number of unbranched alkanes of at least 4 members (excludes halogenated alkanes) is 7. The van der Waals surface area contributed by atoms with Crippen LogP contribution in [0.3, 0.4) is 0 Å². The van der Waals surface area contributed by atoms with E-state index in [1.165, 1.54) is 67.8 Å². The van der Waals surface area contributed by atoms with Crippen molar-refractivity contribution in [2.75, 3.05) is 0 Å². The summed E-state index contributed by atoms with van der Waals surface area (Å²) in [6, 6.07) is 4.45. The summed E-state index contributed by atoms with van der Waals surface area (Å²) in [6.07, 6.45) is 18.1. The molecule has 0 nitrogen and oxygen atoms in total. The van der Waals surface area contributed by atoms with Crippen LogP contribution in [0.5, 0.6) is 0 Å². The first-order valence-electron chi connectivity index (χ1n) is 8.29.